The monoisotopic (exact) mass is 230 g/mol. The van der Waals surface area contributed by atoms with Crippen molar-refractivity contribution in [3.63, 3.8) is 0 Å². The van der Waals surface area contributed by atoms with E-state index in [0.717, 1.165) is 10.7 Å². The molecule has 80 valence electrons. The molecule has 0 atom stereocenters. The van der Waals surface area contributed by atoms with E-state index >= 15 is 0 Å². The average Bonchev–Trinajstić information content (AvgIpc) is 2.73. The van der Waals surface area contributed by atoms with Gasteiger partial charge < -0.3 is 11.1 Å². The van der Waals surface area contributed by atoms with E-state index in [1.165, 1.54) is 11.3 Å². The maximum atomic E-state index is 8.65. The van der Waals surface area contributed by atoms with E-state index in [9.17, 15) is 0 Å². The van der Waals surface area contributed by atoms with Crippen LogP contribution < -0.4 is 11.1 Å². The second kappa shape index (κ2) is 4.64. The van der Waals surface area contributed by atoms with Crippen molar-refractivity contribution in [2.24, 2.45) is 0 Å². The molecule has 1 heterocycles. The first-order chi connectivity index (χ1) is 7.78. The number of thiazole rings is 1. The number of nitrogens with one attached hydrogen (secondary N) is 1. The molecule has 0 spiro atoms. The maximum absolute atomic E-state index is 8.65. The van der Waals surface area contributed by atoms with E-state index in [-0.39, 0.29) is 0 Å². The van der Waals surface area contributed by atoms with Gasteiger partial charge in [0.2, 0.25) is 0 Å². The molecule has 4 nitrogen and oxygen atoms in total. The summed E-state index contributed by atoms with van der Waals surface area (Å²) in [6.45, 7) is 0.679. The molecule has 2 aromatic rings. The minimum atomic E-state index is 0.669. The lowest BCUT2D eigenvalue weighted by atomic mass is 10.1. The third-order valence-electron chi connectivity index (χ3n) is 2.05. The molecule has 0 aliphatic carbocycles. The highest BCUT2D eigenvalue weighted by molar-refractivity contribution is 7.19. The van der Waals surface area contributed by atoms with Gasteiger partial charge in [-0.2, -0.15) is 5.26 Å². The van der Waals surface area contributed by atoms with Gasteiger partial charge in [0.1, 0.15) is 5.00 Å². The van der Waals surface area contributed by atoms with Crippen molar-refractivity contribution in [1.29, 1.82) is 5.26 Å². The number of anilines is 2. The van der Waals surface area contributed by atoms with Gasteiger partial charge in [0, 0.05) is 6.54 Å². The molecule has 0 aliphatic heterocycles. The fourth-order valence-electron chi connectivity index (χ4n) is 1.24. The molecule has 2 rings (SSSR count). The van der Waals surface area contributed by atoms with Crippen LogP contribution in [0.2, 0.25) is 0 Å². The molecule has 0 amide bonds. The van der Waals surface area contributed by atoms with Crippen LogP contribution in [0.1, 0.15) is 11.1 Å². The molecular weight excluding hydrogens is 220 g/mol. The van der Waals surface area contributed by atoms with Gasteiger partial charge in [0.15, 0.2) is 5.13 Å². The zero-order valence-corrected chi connectivity index (χ0v) is 9.29. The molecule has 0 saturated carbocycles. The molecule has 0 unspecified atom stereocenters. The topological polar surface area (TPSA) is 74.7 Å². The second-order valence-electron chi connectivity index (χ2n) is 3.23. The number of rotatable bonds is 3. The second-order valence-corrected chi connectivity index (χ2v) is 4.29. The zero-order valence-electron chi connectivity index (χ0n) is 8.47. The van der Waals surface area contributed by atoms with E-state index < -0.39 is 0 Å². The zero-order chi connectivity index (χ0) is 11.4. The van der Waals surface area contributed by atoms with Crippen molar-refractivity contribution in [3.05, 3.63) is 41.6 Å². The first kappa shape index (κ1) is 10.5. The van der Waals surface area contributed by atoms with E-state index in [1.54, 1.807) is 18.3 Å². The van der Waals surface area contributed by atoms with Crippen LogP contribution in [-0.4, -0.2) is 4.98 Å². The van der Waals surface area contributed by atoms with Crippen LogP contribution in [0.25, 0.3) is 0 Å². The Morgan fingerprint density at radius 2 is 2.12 bits per heavy atom. The minimum absolute atomic E-state index is 0.669. The smallest absolute Gasteiger partial charge is 0.184 e. The summed E-state index contributed by atoms with van der Waals surface area (Å²) in [6, 6.07) is 9.52. The Morgan fingerprint density at radius 3 is 2.69 bits per heavy atom. The number of benzene rings is 1. The van der Waals surface area contributed by atoms with Crippen molar-refractivity contribution in [1.82, 2.24) is 4.98 Å². The number of nitrogens with two attached hydrogens (primary N) is 1. The number of nitrogens with zero attached hydrogens (tertiary/aromatic N) is 2. The largest absolute Gasteiger partial charge is 0.389 e. The third-order valence-corrected chi connectivity index (χ3v) is 2.83. The number of nitrogen functional groups attached to an aromatic ring is 1. The molecule has 3 N–H and O–H groups in total. The number of hydrogen-bond acceptors (Lipinski definition) is 5. The predicted octanol–water partition coefficient (Wildman–Crippen LogP) is 2.21. The fourth-order valence-corrected chi connectivity index (χ4v) is 1.82. The van der Waals surface area contributed by atoms with Gasteiger partial charge in [0.25, 0.3) is 0 Å². The fraction of sp³-hybridized carbons (Fsp3) is 0.0909. The molecule has 0 bridgehead atoms. The van der Waals surface area contributed by atoms with Crippen molar-refractivity contribution in [2.75, 3.05) is 11.1 Å². The first-order valence-corrected chi connectivity index (χ1v) is 5.54. The lowest BCUT2D eigenvalue weighted by molar-refractivity contribution is 1.13. The summed E-state index contributed by atoms with van der Waals surface area (Å²) in [6.07, 6.45) is 1.63. The van der Waals surface area contributed by atoms with E-state index in [2.05, 4.69) is 16.4 Å². The van der Waals surface area contributed by atoms with Crippen LogP contribution >= 0.6 is 11.3 Å². The van der Waals surface area contributed by atoms with Crippen LogP contribution in [0.3, 0.4) is 0 Å². The van der Waals surface area contributed by atoms with Gasteiger partial charge in [-0.1, -0.05) is 23.5 Å². The number of aromatic nitrogens is 1. The van der Waals surface area contributed by atoms with Gasteiger partial charge in [-0.05, 0) is 17.7 Å². The van der Waals surface area contributed by atoms with Gasteiger partial charge in [0.05, 0.1) is 17.8 Å². The maximum Gasteiger partial charge on any atom is 0.184 e. The Morgan fingerprint density at radius 1 is 1.38 bits per heavy atom. The SMILES string of the molecule is N#Cc1ccc(CNc2ncc(N)s2)cc1. The van der Waals surface area contributed by atoms with Crippen LogP contribution in [0.15, 0.2) is 30.5 Å². The number of nitriles is 1. The van der Waals surface area contributed by atoms with Gasteiger partial charge in [-0.15, -0.1) is 0 Å². The van der Waals surface area contributed by atoms with Crippen molar-refractivity contribution in [3.8, 4) is 6.07 Å². The highest BCUT2D eigenvalue weighted by Crippen LogP contribution is 2.20. The summed E-state index contributed by atoms with van der Waals surface area (Å²) < 4.78 is 0. The molecule has 5 heteroatoms. The summed E-state index contributed by atoms with van der Waals surface area (Å²) in [4.78, 5) is 4.09. The Kier molecular flexibility index (Phi) is 3.03. The normalized spacial score (nSPS) is 9.69. The van der Waals surface area contributed by atoms with Crippen molar-refractivity contribution >= 4 is 21.5 Å². The van der Waals surface area contributed by atoms with E-state index in [1.807, 2.05) is 12.1 Å². The van der Waals surface area contributed by atoms with Gasteiger partial charge in [-0.25, -0.2) is 4.98 Å². The molecule has 0 fully saturated rings. The summed E-state index contributed by atoms with van der Waals surface area (Å²) in [5, 5.41) is 13.3. The summed E-state index contributed by atoms with van der Waals surface area (Å²) in [5.74, 6) is 0. The summed E-state index contributed by atoms with van der Waals surface area (Å²) in [5.41, 5.74) is 7.34. The molecule has 16 heavy (non-hydrogen) atoms. The van der Waals surface area contributed by atoms with Gasteiger partial charge >= 0.3 is 0 Å². The van der Waals surface area contributed by atoms with Crippen LogP contribution in [0.5, 0.6) is 0 Å². The summed E-state index contributed by atoms with van der Waals surface area (Å²) in [7, 11) is 0. The third kappa shape index (κ3) is 2.49. The Hall–Kier alpha value is -2.06. The van der Waals surface area contributed by atoms with E-state index in [4.69, 9.17) is 11.0 Å². The Balaban J connectivity index is 1.97. The predicted molar refractivity (Wildman–Crippen MR) is 65.0 cm³/mol. The quantitative estimate of drug-likeness (QED) is 0.847. The molecule has 1 aromatic heterocycles. The van der Waals surface area contributed by atoms with Crippen molar-refractivity contribution < 1.29 is 0 Å². The minimum Gasteiger partial charge on any atom is -0.389 e. The highest BCUT2D eigenvalue weighted by atomic mass is 32.1. The molecule has 0 radical (unpaired) electrons. The molecular formula is C11H10N4S. The van der Waals surface area contributed by atoms with Crippen LogP contribution in [0.4, 0.5) is 10.1 Å². The Labute approximate surface area is 97.4 Å². The van der Waals surface area contributed by atoms with Crippen LogP contribution in [-0.2, 0) is 6.54 Å². The van der Waals surface area contributed by atoms with Crippen molar-refractivity contribution in [2.45, 2.75) is 6.54 Å². The van der Waals surface area contributed by atoms with Gasteiger partial charge in [-0.3, -0.25) is 0 Å². The lowest BCUT2D eigenvalue weighted by Crippen LogP contribution is -1.98. The Bertz CT molecular complexity index is 510. The molecule has 0 aliphatic rings. The average molecular weight is 230 g/mol. The van der Waals surface area contributed by atoms with E-state index in [0.29, 0.717) is 17.1 Å². The molecule has 1 aromatic carbocycles. The first-order valence-electron chi connectivity index (χ1n) is 4.72. The van der Waals surface area contributed by atoms with Crippen LogP contribution in [0, 0.1) is 11.3 Å². The molecule has 0 saturated heterocycles. The highest BCUT2D eigenvalue weighted by Gasteiger charge is 1.98. The number of hydrogen-bond donors (Lipinski definition) is 2. The lowest BCUT2D eigenvalue weighted by Gasteiger charge is -2.02. The summed E-state index contributed by atoms with van der Waals surface area (Å²) >= 11 is 1.42. The standard InChI is InChI=1S/C11H10N4S/c12-5-8-1-3-9(4-2-8)6-14-11-15-7-10(13)16-11/h1-4,7H,6,13H2,(H,14,15).